The predicted molar refractivity (Wildman–Crippen MR) is 92.0 cm³/mol. The van der Waals surface area contributed by atoms with Crippen LogP contribution < -0.4 is 4.74 Å². The third-order valence-electron chi connectivity index (χ3n) is 3.03. The lowest BCUT2D eigenvalue weighted by Crippen LogP contribution is -2.22. The molecule has 0 saturated carbocycles. The van der Waals surface area contributed by atoms with Crippen LogP contribution in [0, 0.1) is 6.92 Å². The lowest BCUT2D eigenvalue weighted by molar-refractivity contribution is 0.125. The maximum Gasteiger partial charge on any atom is 0.174 e. The Morgan fingerprint density at radius 2 is 2.00 bits per heavy atom. The van der Waals surface area contributed by atoms with Gasteiger partial charge in [-0.05, 0) is 24.0 Å². The van der Waals surface area contributed by atoms with Crippen LogP contribution in [0.2, 0.25) is 0 Å². The quantitative estimate of drug-likeness (QED) is 0.814. The summed E-state index contributed by atoms with van der Waals surface area (Å²) in [5, 5.41) is 19.0. The number of aliphatic hydroxyl groups is 1. The second-order valence-electron chi connectivity index (χ2n) is 6.11. The van der Waals surface area contributed by atoms with Gasteiger partial charge in [0, 0.05) is 5.75 Å². The molecule has 1 unspecified atom stereocenters. The van der Waals surface area contributed by atoms with Gasteiger partial charge in [-0.2, -0.15) is 0 Å². The topological polar surface area (TPSA) is 55.2 Å². The molecule has 0 bridgehead atoms. The Kier molecular flexibility index (Phi) is 5.83. The van der Waals surface area contributed by atoms with Gasteiger partial charge in [-0.1, -0.05) is 62.1 Å². The van der Waals surface area contributed by atoms with Crippen LogP contribution in [-0.2, 0) is 5.41 Å². The third kappa shape index (κ3) is 4.97. The molecule has 0 aliphatic rings. The lowest BCUT2D eigenvalue weighted by atomic mass is 9.86. The predicted octanol–water partition coefficient (Wildman–Crippen LogP) is 3.68. The zero-order chi connectivity index (χ0) is 16.2. The molecule has 6 heteroatoms. The van der Waals surface area contributed by atoms with Crippen LogP contribution in [0.15, 0.2) is 28.6 Å². The summed E-state index contributed by atoms with van der Waals surface area (Å²) in [5.41, 5.74) is 1.16. The van der Waals surface area contributed by atoms with Crippen molar-refractivity contribution in [1.29, 1.82) is 0 Å². The van der Waals surface area contributed by atoms with Gasteiger partial charge in [0.25, 0.3) is 0 Å². The number of aromatic nitrogens is 2. The first-order valence-corrected chi connectivity index (χ1v) is 9.00. The Morgan fingerprint density at radius 3 is 2.64 bits per heavy atom. The van der Waals surface area contributed by atoms with Crippen molar-refractivity contribution in [2.45, 2.75) is 43.6 Å². The number of hydrogen-bond acceptors (Lipinski definition) is 6. The van der Waals surface area contributed by atoms with Crippen molar-refractivity contribution in [3.8, 4) is 5.75 Å². The largest absolute Gasteiger partial charge is 0.491 e. The summed E-state index contributed by atoms with van der Waals surface area (Å²) in [6, 6.07) is 7.99. The minimum Gasteiger partial charge on any atom is -0.491 e. The summed E-state index contributed by atoms with van der Waals surface area (Å²) >= 11 is 3.05. The fourth-order valence-electron chi connectivity index (χ4n) is 1.95. The monoisotopic (exact) mass is 338 g/mol. The molecule has 0 spiro atoms. The van der Waals surface area contributed by atoms with Gasteiger partial charge >= 0.3 is 0 Å². The Balaban J connectivity index is 1.87. The van der Waals surface area contributed by atoms with Crippen molar-refractivity contribution in [1.82, 2.24) is 10.2 Å². The normalized spacial score (nSPS) is 13.1. The van der Waals surface area contributed by atoms with E-state index in [1.54, 1.807) is 0 Å². The Hall–Kier alpha value is -1.11. The van der Waals surface area contributed by atoms with E-state index in [0.717, 1.165) is 20.7 Å². The van der Waals surface area contributed by atoms with Gasteiger partial charge in [0.15, 0.2) is 4.34 Å². The maximum absolute atomic E-state index is 10.1. The first-order valence-electron chi connectivity index (χ1n) is 7.19. The number of hydrogen-bond donors (Lipinski definition) is 1. The minimum atomic E-state index is -0.540. The number of para-hydroxylation sites is 1. The van der Waals surface area contributed by atoms with Crippen molar-refractivity contribution in [2.24, 2.45) is 0 Å². The first kappa shape index (κ1) is 17.2. The number of aliphatic hydroxyl groups excluding tert-OH is 1. The van der Waals surface area contributed by atoms with Crippen molar-refractivity contribution in [3.63, 3.8) is 0 Å². The molecule has 22 heavy (non-hydrogen) atoms. The first-order chi connectivity index (χ1) is 10.4. The van der Waals surface area contributed by atoms with E-state index < -0.39 is 6.10 Å². The SMILES string of the molecule is Cc1nnc(SCC(O)COc2ccccc2C(C)(C)C)s1. The highest BCUT2D eigenvalue weighted by Crippen LogP contribution is 2.31. The van der Waals surface area contributed by atoms with E-state index in [4.69, 9.17) is 4.74 Å². The summed E-state index contributed by atoms with van der Waals surface area (Å²) in [7, 11) is 0. The average Bonchev–Trinajstić information content (AvgIpc) is 2.88. The van der Waals surface area contributed by atoms with E-state index in [2.05, 4.69) is 37.0 Å². The number of ether oxygens (including phenoxy) is 1. The van der Waals surface area contributed by atoms with Crippen molar-refractivity contribution in [2.75, 3.05) is 12.4 Å². The molecule has 4 nitrogen and oxygen atoms in total. The second-order valence-corrected chi connectivity index (χ2v) is 8.56. The van der Waals surface area contributed by atoms with E-state index in [0.29, 0.717) is 5.75 Å². The Labute approximate surface area is 139 Å². The van der Waals surface area contributed by atoms with Gasteiger partial charge in [-0.15, -0.1) is 10.2 Å². The standard InChI is InChI=1S/C16H22N2O2S2/c1-11-17-18-15(22-11)21-10-12(19)9-20-14-8-6-5-7-13(14)16(2,3)4/h5-8,12,19H,9-10H2,1-4H3. The molecular formula is C16H22N2O2S2. The summed E-state index contributed by atoms with van der Waals surface area (Å²) < 4.78 is 6.70. The molecule has 0 fully saturated rings. The van der Waals surface area contributed by atoms with Gasteiger partial charge in [0.05, 0.1) is 6.10 Å². The second kappa shape index (κ2) is 7.44. The molecular weight excluding hydrogens is 316 g/mol. The van der Waals surface area contributed by atoms with Crippen LogP contribution in [0.25, 0.3) is 0 Å². The van der Waals surface area contributed by atoms with Crippen molar-refractivity contribution in [3.05, 3.63) is 34.8 Å². The summed E-state index contributed by atoms with van der Waals surface area (Å²) in [5.74, 6) is 1.39. The zero-order valence-electron chi connectivity index (χ0n) is 13.4. The number of nitrogens with zero attached hydrogens (tertiary/aromatic N) is 2. The number of benzene rings is 1. The summed E-state index contributed by atoms with van der Waals surface area (Å²) in [6.07, 6.45) is -0.540. The maximum atomic E-state index is 10.1. The molecule has 120 valence electrons. The summed E-state index contributed by atoms with van der Waals surface area (Å²) in [6.45, 7) is 8.65. The molecule has 1 N–H and O–H groups in total. The van der Waals surface area contributed by atoms with E-state index in [1.807, 2.05) is 25.1 Å². The molecule has 1 atom stereocenters. The molecule has 0 aliphatic heterocycles. The molecule has 1 heterocycles. The van der Waals surface area contributed by atoms with Crippen molar-refractivity contribution >= 4 is 23.1 Å². The number of thioether (sulfide) groups is 1. The molecule has 2 rings (SSSR count). The van der Waals surface area contributed by atoms with Crippen LogP contribution in [0.5, 0.6) is 5.75 Å². The smallest absolute Gasteiger partial charge is 0.174 e. The highest BCUT2D eigenvalue weighted by atomic mass is 32.2. The van der Waals surface area contributed by atoms with E-state index >= 15 is 0 Å². The number of rotatable bonds is 6. The molecule has 1 aromatic heterocycles. The molecule has 0 amide bonds. The van der Waals surface area contributed by atoms with Gasteiger partial charge in [0.1, 0.15) is 17.4 Å². The highest BCUT2D eigenvalue weighted by molar-refractivity contribution is 8.01. The zero-order valence-corrected chi connectivity index (χ0v) is 15.0. The Bertz CT molecular complexity index is 608. The van der Waals surface area contributed by atoms with Crippen LogP contribution in [0.3, 0.4) is 0 Å². The van der Waals surface area contributed by atoms with Crippen LogP contribution in [0.4, 0.5) is 0 Å². The fraction of sp³-hybridized carbons (Fsp3) is 0.500. The third-order valence-corrected chi connectivity index (χ3v) is 5.15. The molecule has 0 saturated heterocycles. The summed E-state index contributed by atoms with van der Waals surface area (Å²) in [4.78, 5) is 0. The van der Waals surface area contributed by atoms with Gasteiger partial charge < -0.3 is 9.84 Å². The number of aryl methyl sites for hydroxylation is 1. The van der Waals surface area contributed by atoms with Crippen LogP contribution >= 0.6 is 23.1 Å². The van der Waals surface area contributed by atoms with Crippen LogP contribution in [0.1, 0.15) is 31.3 Å². The average molecular weight is 338 g/mol. The van der Waals surface area contributed by atoms with Gasteiger partial charge in [0.2, 0.25) is 0 Å². The highest BCUT2D eigenvalue weighted by Gasteiger charge is 2.19. The van der Waals surface area contributed by atoms with E-state index in [9.17, 15) is 5.11 Å². The van der Waals surface area contributed by atoms with Gasteiger partial charge in [-0.3, -0.25) is 0 Å². The van der Waals surface area contributed by atoms with Gasteiger partial charge in [-0.25, -0.2) is 0 Å². The minimum absolute atomic E-state index is 0.0143. The molecule has 2 aromatic rings. The molecule has 0 radical (unpaired) electrons. The van der Waals surface area contributed by atoms with E-state index in [1.165, 1.54) is 23.1 Å². The molecule has 0 aliphatic carbocycles. The molecule has 1 aromatic carbocycles. The lowest BCUT2D eigenvalue weighted by Gasteiger charge is -2.23. The van der Waals surface area contributed by atoms with Crippen LogP contribution in [-0.4, -0.2) is 33.8 Å². The fourth-order valence-corrected chi connectivity index (χ4v) is 3.70. The van der Waals surface area contributed by atoms with Crippen molar-refractivity contribution < 1.29 is 9.84 Å². The Morgan fingerprint density at radius 1 is 1.27 bits per heavy atom. The van der Waals surface area contributed by atoms with E-state index in [-0.39, 0.29) is 12.0 Å².